The average molecular weight is 302 g/mol. The summed E-state index contributed by atoms with van der Waals surface area (Å²) in [7, 11) is 3.07. The minimum atomic E-state index is -0.0653. The minimum Gasteiger partial charge on any atom is -0.494 e. The van der Waals surface area contributed by atoms with Crippen molar-refractivity contribution in [3.05, 3.63) is 47.5 Å². The molecule has 0 atom stereocenters. The summed E-state index contributed by atoms with van der Waals surface area (Å²) in [6, 6.07) is 10.4. The number of benzene rings is 2. The zero-order valence-electron chi connectivity index (χ0n) is 12.5. The van der Waals surface area contributed by atoms with Gasteiger partial charge in [-0.25, -0.2) is 0 Å². The number of hydrogen-bond donors (Lipinski definition) is 2. The summed E-state index contributed by atoms with van der Waals surface area (Å²) in [6.07, 6.45) is 0. The van der Waals surface area contributed by atoms with E-state index in [1.54, 1.807) is 36.4 Å². The van der Waals surface area contributed by atoms with E-state index in [2.05, 4.69) is 10.2 Å². The Hall–Kier alpha value is -2.44. The Balaban J connectivity index is 2.32. The summed E-state index contributed by atoms with van der Waals surface area (Å²) < 4.78 is 10.5. The Morgan fingerprint density at radius 2 is 1.18 bits per heavy atom. The molecule has 0 fully saturated rings. The third-order valence-corrected chi connectivity index (χ3v) is 3.12. The van der Waals surface area contributed by atoms with Crippen molar-refractivity contribution in [3.8, 4) is 11.5 Å². The SMILES string of the molecule is COc1cc(CO)ccc1N=Nc1ccc(CO)cc1OC. The first kappa shape index (κ1) is 15.9. The molecule has 0 saturated heterocycles. The number of azo groups is 1. The number of ether oxygens (including phenoxy) is 2. The molecular formula is C16H18N2O4. The maximum absolute atomic E-state index is 9.13. The number of methoxy groups -OCH3 is 2. The second kappa shape index (κ2) is 7.53. The standard InChI is InChI=1S/C16H18N2O4/c1-21-15-7-11(9-19)3-5-13(15)17-18-14-6-4-12(10-20)8-16(14)22-2/h3-8,19-20H,9-10H2,1-2H3. The van der Waals surface area contributed by atoms with E-state index in [0.29, 0.717) is 22.9 Å². The number of rotatable bonds is 6. The Morgan fingerprint density at radius 3 is 1.50 bits per heavy atom. The van der Waals surface area contributed by atoms with Crippen molar-refractivity contribution in [2.45, 2.75) is 13.2 Å². The molecule has 2 aromatic rings. The predicted molar refractivity (Wildman–Crippen MR) is 82.0 cm³/mol. The van der Waals surface area contributed by atoms with Gasteiger partial charge in [-0.3, -0.25) is 0 Å². The summed E-state index contributed by atoms with van der Waals surface area (Å²) in [5.74, 6) is 1.06. The molecule has 0 aliphatic rings. The van der Waals surface area contributed by atoms with Crippen molar-refractivity contribution in [2.75, 3.05) is 14.2 Å². The summed E-state index contributed by atoms with van der Waals surface area (Å²) in [5, 5.41) is 26.6. The summed E-state index contributed by atoms with van der Waals surface area (Å²) in [6.45, 7) is -0.131. The van der Waals surface area contributed by atoms with Crippen LogP contribution in [0.15, 0.2) is 46.6 Å². The fourth-order valence-corrected chi connectivity index (χ4v) is 1.91. The van der Waals surface area contributed by atoms with E-state index in [1.807, 2.05) is 0 Å². The highest BCUT2D eigenvalue weighted by atomic mass is 16.5. The van der Waals surface area contributed by atoms with Gasteiger partial charge >= 0.3 is 0 Å². The topological polar surface area (TPSA) is 83.6 Å². The molecule has 6 nitrogen and oxygen atoms in total. The molecule has 2 N–H and O–H groups in total. The third kappa shape index (κ3) is 3.60. The molecule has 0 spiro atoms. The van der Waals surface area contributed by atoms with E-state index in [-0.39, 0.29) is 13.2 Å². The highest BCUT2D eigenvalue weighted by Crippen LogP contribution is 2.33. The van der Waals surface area contributed by atoms with Crippen LogP contribution >= 0.6 is 0 Å². The molecule has 2 rings (SSSR count). The first-order valence-corrected chi connectivity index (χ1v) is 6.69. The van der Waals surface area contributed by atoms with Gasteiger partial charge in [0, 0.05) is 0 Å². The zero-order chi connectivity index (χ0) is 15.9. The number of aliphatic hydroxyl groups is 2. The van der Waals surface area contributed by atoms with Gasteiger partial charge in [-0.05, 0) is 35.4 Å². The molecule has 0 aromatic heterocycles. The highest BCUT2D eigenvalue weighted by Gasteiger charge is 2.06. The van der Waals surface area contributed by atoms with Gasteiger partial charge < -0.3 is 19.7 Å². The van der Waals surface area contributed by atoms with Gasteiger partial charge in [-0.2, -0.15) is 0 Å². The normalized spacial score (nSPS) is 10.9. The third-order valence-electron chi connectivity index (χ3n) is 3.12. The van der Waals surface area contributed by atoms with Crippen LogP contribution in [0.2, 0.25) is 0 Å². The van der Waals surface area contributed by atoms with E-state index >= 15 is 0 Å². The lowest BCUT2D eigenvalue weighted by Crippen LogP contribution is -1.88. The molecular weight excluding hydrogens is 284 g/mol. The smallest absolute Gasteiger partial charge is 0.146 e. The van der Waals surface area contributed by atoms with Crippen LogP contribution in [0.5, 0.6) is 11.5 Å². The van der Waals surface area contributed by atoms with Gasteiger partial charge in [0.25, 0.3) is 0 Å². The zero-order valence-corrected chi connectivity index (χ0v) is 12.5. The number of hydrogen-bond acceptors (Lipinski definition) is 6. The van der Waals surface area contributed by atoms with E-state index in [0.717, 1.165) is 11.1 Å². The molecule has 0 aliphatic heterocycles. The fraction of sp³-hybridized carbons (Fsp3) is 0.250. The van der Waals surface area contributed by atoms with Crippen LogP contribution in [0.3, 0.4) is 0 Å². The van der Waals surface area contributed by atoms with E-state index in [9.17, 15) is 0 Å². The van der Waals surface area contributed by atoms with Crippen molar-refractivity contribution in [2.24, 2.45) is 10.2 Å². The van der Waals surface area contributed by atoms with Gasteiger partial charge in [0.1, 0.15) is 22.9 Å². The molecule has 0 bridgehead atoms. The molecule has 0 unspecified atom stereocenters. The van der Waals surface area contributed by atoms with Gasteiger partial charge in [0.05, 0.1) is 27.4 Å². The molecule has 116 valence electrons. The summed E-state index contributed by atoms with van der Waals surface area (Å²) >= 11 is 0. The summed E-state index contributed by atoms with van der Waals surface area (Å²) in [4.78, 5) is 0. The first-order chi connectivity index (χ1) is 10.7. The maximum atomic E-state index is 9.13. The number of nitrogens with zero attached hydrogens (tertiary/aromatic N) is 2. The molecule has 6 heteroatoms. The van der Waals surface area contributed by atoms with E-state index in [1.165, 1.54) is 14.2 Å². The van der Waals surface area contributed by atoms with Crippen LogP contribution in [-0.4, -0.2) is 24.4 Å². The first-order valence-electron chi connectivity index (χ1n) is 6.69. The lowest BCUT2D eigenvalue weighted by molar-refractivity contribution is 0.281. The van der Waals surface area contributed by atoms with Crippen molar-refractivity contribution >= 4 is 11.4 Å². The van der Waals surface area contributed by atoms with Crippen LogP contribution in [-0.2, 0) is 13.2 Å². The Labute approximate surface area is 128 Å². The van der Waals surface area contributed by atoms with Crippen LogP contribution in [0.1, 0.15) is 11.1 Å². The lowest BCUT2D eigenvalue weighted by atomic mass is 10.2. The second-order valence-electron chi connectivity index (χ2n) is 4.53. The molecule has 22 heavy (non-hydrogen) atoms. The summed E-state index contributed by atoms with van der Waals surface area (Å²) in [5.41, 5.74) is 2.57. The van der Waals surface area contributed by atoms with Gasteiger partial charge in [0.15, 0.2) is 0 Å². The molecule has 2 aromatic carbocycles. The van der Waals surface area contributed by atoms with Gasteiger partial charge in [0.2, 0.25) is 0 Å². The lowest BCUT2D eigenvalue weighted by Gasteiger charge is -2.07. The van der Waals surface area contributed by atoms with E-state index in [4.69, 9.17) is 19.7 Å². The van der Waals surface area contributed by atoms with Crippen LogP contribution in [0.25, 0.3) is 0 Å². The van der Waals surface area contributed by atoms with Crippen molar-refractivity contribution in [1.82, 2.24) is 0 Å². The van der Waals surface area contributed by atoms with Crippen molar-refractivity contribution in [1.29, 1.82) is 0 Å². The Morgan fingerprint density at radius 1 is 0.773 bits per heavy atom. The van der Waals surface area contributed by atoms with Crippen molar-refractivity contribution < 1.29 is 19.7 Å². The monoisotopic (exact) mass is 302 g/mol. The van der Waals surface area contributed by atoms with Crippen LogP contribution in [0.4, 0.5) is 11.4 Å². The van der Waals surface area contributed by atoms with Crippen LogP contribution < -0.4 is 9.47 Å². The molecule has 0 saturated carbocycles. The molecule has 0 amide bonds. The minimum absolute atomic E-state index is 0.0653. The van der Waals surface area contributed by atoms with Crippen LogP contribution in [0, 0.1) is 0 Å². The Kier molecular flexibility index (Phi) is 5.46. The predicted octanol–water partition coefficient (Wildman–Crippen LogP) is 3.10. The van der Waals surface area contributed by atoms with E-state index < -0.39 is 0 Å². The Bertz CT molecular complexity index is 614. The molecule has 0 radical (unpaired) electrons. The quantitative estimate of drug-likeness (QED) is 0.803. The molecule has 0 heterocycles. The fourth-order valence-electron chi connectivity index (χ4n) is 1.91. The van der Waals surface area contributed by atoms with Gasteiger partial charge in [-0.1, -0.05) is 12.1 Å². The average Bonchev–Trinajstić information content (AvgIpc) is 2.59. The van der Waals surface area contributed by atoms with Crippen molar-refractivity contribution in [3.63, 3.8) is 0 Å². The second-order valence-corrected chi connectivity index (χ2v) is 4.53. The number of aliphatic hydroxyl groups excluding tert-OH is 2. The maximum Gasteiger partial charge on any atom is 0.146 e. The molecule has 0 aliphatic carbocycles. The van der Waals surface area contributed by atoms with Gasteiger partial charge in [-0.15, -0.1) is 10.2 Å². The largest absolute Gasteiger partial charge is 0.494 e. The highest BCUT2D eigenvalue weighted by molar-refractivity contribution is 5.56.